The average molecular weight is 1180 g/mol. The molecule has 3 heterocycles. The first kappa shape index (κ1) is 66.3. The lowest BCUT2D eigenvalue weighted by molar-refractivity contribution is -0.149. The summed E-state index contributed by atoms with van der Waals surface area (Å²) >= 11 is 0. The van der Waals surface area contributed by atoms with Crippen molar-refractivity contribution in [3.63, 3.8) is 0 Å². The van der Waals surface area contributed by atoms with Gasteiger partial charge in [0.1, 0.15) is 66.6 Å². The quantitative estimate of drug-likeness (QED) is 0.0299. The molecule has 0 bridgehead atoms. The summed E-state index contributed by atoms with van der Waals surface area (Å²) in [5.41, 5.74) is 13.1. The van der Waals surface area contributed by atoms with E-state index in [0.29, 0.717) is 12.4 Å². The minimum absolute atomic E-state index is 0.0295. The molecule has 3 aliphatic rings. The molecule has 3 aromatic rings. The number of aliphatic hydroxyl groups is 7. The molecule has 27 heteroatoms. The normalized spacial score (nSPS) is 20.9. The Morgan fingerprint density at radius 2 is 1.32 bits per heavy atom. The average Bonchev–Trinajstić information content (AvgIpc) is 3.33. The van der Waals surface area contributed by atoms with Crippen LogP contribution in [0.3, 0.4) is 0 Å². The van der Waals surface area contributed by atoms with Gasteiger partial charge in [-0.3, -0.25) is 38.5 Å². The van der Waals surface area contributed by atoms with Crippen molar-refractivity contribution in [3.8, 4) is 22.6 Å². The Bertz CT molecular complexity index is 2650. The molecule has 0 saturated carbocycles. The fourth-order valence-electron chi connectivity index (χ4n) is 10.3. The van der Waals surface area contributed by atoms with Crippen LogP contribution in [-0.2, 0) is 33.5 Å². The molecule has 13 unspecified atom stereocenters. The van der Waals surface area contributed by atoms with Gasteiger partial charge in [0, 0.05) is 51.6 Å². The summed E-state index contributed by atoms with van der Waals surface area (Å²) in [5.74, 6) is -6.48. The topological polar surface area (TPSA) is 422 Å². The monoisotopic (exact) mass is 1180 g/mol. The number of nitrogens with one attached hydrogen (secondary N) is 5. The zero-order chi connectivity index (χ0) is 61.2. The number of ether oxygens (including phenoxy) is 2. The molecule has 7 amide bonds. The van der Waals surface area contributed by atoms with Crippen LogP contribution >= 0.6 is 0 Å². The lowest BCUT2D eigenvalue weighted by Crippen LogP contribution is -2.63. The minimum atomic E-state index is -2.07. The first-order valence-electron chi connectivity index (χ1n) is 28.3. The highest BCUT2D eigenvalue weighted by atomic mass is 16.5. The zero-order valence-corrected chi connectivity index (χ0v) is 47.2. The summed E-state index contributed by atoms with van der Waals surface area (Å²) in [6.45, 7) is 4.76. The van der Waals surface area contributed by atoms with Crippen LogP contribution in [0.15, 0.2) is 72.8 Å². The van der Waals surface area contributed by atoms with Crippen LogP contribution < -0.4 is 42.8 Å². The molecule has 0 radical (unpaired) electrons. The summed E-state index contributed by atoms with van der Waals surface area (Å²) in [6.07, 6.45) is -10.8. The van der Waals surface area contributed by atoms with E-state index in [1.54, 1.807) is 12.1 Å². The van der Waals surface area contributed by atoms with Crippen molar-refractivity contribution in [2.45, 2.75) is 138 Å². The van der Waals surface area contributed by atoms with E-state index in [1.807, 2.05) is 24.3 Å². The van der Waals surface area contributed by atoms with Gasteiger partial charge in [0.05, 0.1) is 31.0 Å². The van der Waals surface area contributed by atoms with Crippen LogP contribution in [0.1, 0.15) is 80.8 Å². The van der Waals surface area contributed by atoms with Gasteiger partial charge in [0.2, 0.25) is 35.4 Å². The number of likely N-dealkylation sites (tertiary alicyclic amines) is 3. The number of phenolic OH excluding ortho intramolecular Hbond substituents is 1. The second kappa shape index (κ2) is 31.8. The maximum absolute atomic E-state index is 14.5. The van der Waals surface area contributed by atoms with E-state index in [9.17, 15) is 74.4 Å². The van der Waals surface area contributed by atoms with E-state index < -0.39 is 127 Å². The van der Waals surface area contributed by atoms with E-state index in [0.717, 1.165) is 42.6 Å². The molecule has 0 aliphatic carbocycles. The van der Waals surface area contributed by atoms with Gasteiger partial charge in [-0.15, -0.1) is 0 Å². The summed E-state index contributed by atoms with van der Waals surface area (Å²) in [7, 11) is 0. The number of piperidine rings is 1. The van der Waals surface area contributed by atoms with Gasteiger partial charge in [-0.1, -0.05) is 42.8 Å². The van der Waals surface area contributed by atoms with Crippen molar-refractivity contribution in [2.75, 3.05) is 65.6 Å². The number of amides is 7. The number of rotatable bonds is 29. The van der Waals surface area contributed by atoms with Crippen molar-refractivity contribution in [3.05, 3.63) is 83.9 Å². The van der Waals surface area contributed by atoms with Crippen molar-refractivity contribution in [2.24, 2.45) is 11.5 Å². The molecule has 6 rings (SSSR count). The highest BCUT2D eigenvalue weighted by molar-refractivity contribution is 5.99. The fourth-order valence-corrected chi connectivity index (χ4v) is 10.3. The Morgan fingerprint density at radius 3 is 1.92 bits per heavy atom. The second-order valence-corrected chi connectivity index (χ2v) is 21.4. The Balaban J connectivity index is 1.20. The Labute approximate surface area is 486 Å². The highest BCUT2D eigenvalue weighted by Gasteiger charge is 2.47. The van der Waals surface area contributed by atoms with Crippen LogP contribution in [0.5, 0.6) is 11.5 Å². The van der Waals surface area contributed by atoms with Gasteiger partial charge in [-0.2, -0.15) is 0 Å². The number of carbonyl (C=O) groups is 7. The predicted octanol–water partition coefficient (Wildman–Crippen LogP) is -3.59. The molecule has 27 nitrogen and oxygen atoms in total. The third-order valence-corrected chi connectivity index (χ3v) is 15.0. The molecule has 462 valence electrons. The smallest absolute Gasteiger partial charge is 0.251 e. The fraction of sp³-hybridized carbons (Fsp3) is 0.561. The van der Waals surface area contributed by atoms with Gasteiger partial charge in [-0.25, -0.2) is 0 Å². The first-order valence-corrected chi connectivity index (χ1v) is 28.3. The van der Waals surface area contributed by atoms with Gasteiger partial charge >= 0.3 is 0 Å². The standard InChI is InChI=1S/C57H82N10O17/c1-32(68)45(56(81)66-25-19-39(71)31-66)62-52(78)41(61-51(77)37-8-6-34(7-9-37)35-12-16-40(17-13-35)83-29-27-65-23-4-3-5-24-65)30-44(74)55(84-28-22-59)64-54(80)48-43(73)20-26-67(48)57(82)46(42(72)18-21-58)63-53(79)47(60-33(2)69)50(76)49(75)36-10-14-38(70)15-11-36/h6-17,32,39,41-50,55,68,70-76H,3-5,18-31,58-59H2,1-2H3,(H,60,69)(H,61,77)(H,62,78)(H,63,79)(H,64,80). The van der Waals surface area contributed by atoms with Crippen molar-refractivity contribution >= 4 is 41.4 Å². The van der Waals surface area contributed by atoms with Crippen LogP contribution in [0.2, 0.25) is 0 Å². The number of β-amino-alcohol motifs (C(OH)–C–C–N with tert-alkyl or cyclic N) is 1. The van der Waals surface area contributed by atoms with Gasteiger partial charge in [0.25, 0.3) is 5.91 Å². The van der Waals surface area contributed by atoms with Crippen LogP contribution in [0, 0.1) is 0 Å². The van der Waals surface area contributed by atoms with Crippen LogP contribution in [0.4, 0.5) is 0 Å². The minimum Gasteiger partial charge on any atom is -0.508 e. The van der Waals surface area contributed by atoms with E-state index in [1.165, 1.54) is 67.5 Å². The molecule has 17 N–H and O–H groups in total. The third kappa shape index (κ3) is 18.3. The van der Waals surface area contributed by atoms with E-state index >= 15 is 0 Å². The molecule has 0 aromatic heterocycles. The Kier molecular flexibility index (Phi) is 25.1. The summed E-state index contributed by atoms with van der Waals surface area (Å²) < 4.78 is 11.7. The first-order chi connectivity index (χ1) is 40.1. The molecule has 84 heavy (non-hydrogen) atoms. The maximum atomic E-state index is 14.5. The molecule has 3 aliphatic heterocycles. The Morgan fingerprint density at radius 1 is 0.679 bits per heavy atom. The number of aromatic hydroxyl groups is 1. The molecule has 3 aromatic carbocycles. The number of aliphatic hydroxyl groups excluding tert-OH is 7. The predicted molar refractivity (Wildman–Crippen MR) is 302 cm³/mol. The molecular formula is C57H82N10O17. The van der Waals surface area contributed by atoms with Crippen molar-refractivity contribution < 1.29 is 83.9 Å². The SMILES string of the molecule is CC(=O)NC(C(=O)NC(C(=O)N1CCC(O)C1C(=O)NC(OCCN)C(O)CC(NC(=O)c1ccc(-c2ccc(OCCN3CCCCC3)cc2)cc1)C(=O)NC(C(=O)N1CCC(O)C1)C(C)O)C(O)CCN)C(O)C(O)c1ccc(O)cc1. The second-order valence-electron chi connectivity index (χ2n) is 21.4. The number of carbonyl (C=O) groups excluding carboxylic acids is 7. The number of benzene rings is 3. The molecule has 3 fully saturated rings. The number of hydrogen-bond donors (Lipinski definition) is 15. The van der Waals surface area contributed by atoms with Crippen LogP contribution in [0.25, 0.3) is 11.1 Å². The zero-order valence-electron chi connectivity index (χ0n) is 47.2. The Hall–Kier alpha value is -6.89. The maximum Gasteiger partial charge on any atom is 0.251 e. The number of nitrogens with zero attached hydrogens (tertiary/aromatic N) is 3. The summed E-state index contributed by atoms with van der Waals surface area (Å²) in [5, 5.41) is 99.3. The number of phenols is 1. The highest BCUT2D eigenvalue weighted by Crippen LogP contribution is 2.26. The van der Waals surface area contributed by atoms with Crippen LogP contribution in [-0.4, -0.2) is 236 Å². The van der Waals surface area contributed by atoms with Gasteiger partial charge < -0.3 is 98.2 Å². The van der Waals surface area contributed by atoms with Gasteiger partial charge in [0.15, 0.2) is 6.23 Å². The summed E-state index contributed by atoms with van der Waals surface area (Å²) in [4.78, 5) is 102. The molecule has 3 saturated heterocycles. The summed E-state index contributed by atoms with van der Waals surface area (Å²) in [6, 6.07) is 9.70. The van der Waals surface area contributed by atoms with E-state index in [-0.39, 0.29) is 75.5 Å². The van der Waals surface area contributed by atoms with Crippen molar-refractivity contribution in [1.29, 1.82) is 0 Å². The van der Waals surface area contributed by atoms with E-state index in [2.05, 4.69) is 31.5 Å². The third-order valence-electron chi connectivity index (χ3n) is 15.0. The number of hydrogen-bond acceptors (Lipinski definition) is 20. The molecule has 13 atom stereocenters. The molecule has 0 spiro atoms. The number of nitrogens with two attached hydrogens (primary N) is 2. The molecular weight excluding hydrogens is 1100 g/mol. The lowest BCUT2D eigenvalue weighted by atomic mass is 9.97. The largest absolute Gasteiger partial charge is 0.508 e. The van der Waals surface area contributed by atoms with Crippen molar-refractivity contribution in [1.82, 2.24) is 41.3 Å². The van der Waals surface area contributed by atoms with Gasteiger partial charge in [-0.05, 0) is 112 Å². The lowest BCUT2D eigenvalue weighted by Gasteiger charge is -2.34. The van der Waals surface area contributed by atoms with E-state index in [4.69, 9.17) is 20.9 Å².